The Morgan fingerprint density at radius 3 is 2.52 bits per heavy atom. The summed E-state index contributed by atoms with van der Waals surface area (Å²) in [6.07, 6.45) is 1.36. The normalized spacial score (nSPS) is 15.0. The van der Waals surface area contributed by atoms with Crippen LogP contribution >= 0.6 is 11.6 Å². The molecule has 1 amide bonds. The van der Waals surface area contributed by atoms with Gasteiger partial charge >= 0.3 is 0 Å². The number of hydrogen-bond acceptors (Lipinski definition) is 5. The number of halogens is 2. The van der Waals surface area contributed by atoms with E-state index in [1.165, 1.54) is 33.4 Å². The van der Waals surface area contributed by atoms with Gasteiger partial charge in [0.05, 0.1) is 5.56 Å². The van der Waals surface area contributed by atoms with Gasteiger partial charge in [0.15, 0.2) is 0 Å². The third-order valence-electron chi connectivity index (χ3n) is 5.45. The van der Waals surface area contributed by atoms with Gasteiger partial charge in [-0.1, -0.05) is 17.7 Å². The zero-order chi connectivity index (χ0) is 23.8. The van der Waals surface area contributed by atoms with Crippen molar-refractivity contribution in [1.82, 2.24) is 14.1 Å². The van der Waals surface area contributed by atoms with Crippen LogP contribution in [0.25, 0.3) is 0 Å². The molecule has 1 aromatic heterocycles. The summed E-state index contributed by atoms with van der Waals surface area (Å²) in [6.45, 7) is 3.01. The molecule has 1 aliphatic heterocycles. The number of hydrogen-bond donors (Lipinski definition) is 1. The van der Waals surface area contributed by atoms with Crippen LogP contribution in [-0.2, 0) is 17.1 Å². The number of aromatic nitrogens is 2. The van der Waals surface area contributed by atoms with Crippen LogP contribution in [0.2, 0.25) is 5.02 Å². The smallest absolute Gasteiger partial charge is 0.263 e. The van der Waals surface area contributed by atoms with Crippen molar-refractivity contribution in [2.24, 2.45) is 7.05 Å². The molecule has 2 heterocycles. The standard InChI is InChI=1S/C22H23ClFN5O3S/c1-15-12-17(6-7-20(15)24)25-21(30)19-14-27(2)26-22(19)33(31,32)29-10-8-28(9-11-29)18-5-3-4-16(23)13-18/h3-7,12-14H,8-11H2,1-2H3,(H,25,30). The number of rotatable bonds is 5. The van der Waals surface area contributed by atoms with Crippen molar-refractivity contribution >= 4 is 38.9 Å². The van der Waals surface area contributed by atoms with Crippen molar-refractivity contribution in [1.29, 1.82) is 0 Å². The fraction of sp³-hybridized carbons (Fsp3) is 0.273. The van der Waals surface area contributed by atoms with Crippen LogP contribution in [0.4, 0.5) is 15.8 Å². The van der Waals surface area contributed by atoms with Crippen molar-refractivity contribution in [3.05, 3.63) is 70.6 Å². The number of anilines is 2. The van der Waals surface area contributed by atoms with Crippen LogP contribution in [0.3, 0.4) is 0 Å². The largest absolute Gasteiger partial charge is 0.369 e. The Hall–Kier alpha value is -2.95. The first-order chi connectivity index (χ1) is 15.6. The average molecular weight is 492 g/mol. The molecule has 0 bridgehead atoms. The van der Waals surface area contributed by atoms with E-state index in [4.69, 9.17) is 11.6 Å². The molecule has 0 aliphatic carbocycles. The maximum Gasteiger partial charge on any atom is 0.263 e. The molecule has 2 aromatic carbocycles. The predicted octanol–water partition coefficient (Wildman–Crippen LogP) is 3.28. The predicted molar refractivity (Wildman–Crippen MR) is 125 cm³/mol. The molecule has 11 heteroatoms. The first kappa shape index (κ1) is 23.2. The summed E-state index contributed by atoms with van der Waals surface area (Å²) in [5.74, 6) is -1.03. The highest BCUT2D eigenvalue weighted by Gasteiger charge is 2.34. The summed E-state index contributed by atoms with van der Waals surface area (Å²) >= 11 is 6.07. The minimum atomic E-state index is -4.01. The zero-order valence-electron chi connectivity index (χ0n) is 18.1. The number of aryl methyl sites for hydroxylation is 2. The summed E-state index contributed by atoms with van der Waals surface area (Å²) in [6, 6.07) is 11.5. The van der Waals surface area contributed by atoms with Crippen LogP contribution in [0, 0.1) is 12.7 Å². The Bertz CT molecular complexity index is 1300. The summed E-state index contributed by atoms with van der Waals surface area (Å²) in [5.41, 5.74) is 1.58. The number of piperazine rings is 1. The lowest BCUT2D eigenvalue weighted by Crippen LogP contribution is -2.49. The van der Waals surface area contributed by atoms with Crippen LogP contribution in [0.15, 0.2) is 53.7 Å². The number of nitrogens with one attached hydrogen (secondary N) is 1. The van der Waals surface area contributed by atoms with E-state index in [2.05, 4.69) is 15.3 Å². The second-order valence-electron chi connectivity index (χ2n) is 7.81. The Labute approximate surface area is 196 Å². The maximum absolute atomic E-state index is 13.5. The summed E-state index contributed by atoms with van der Waals surface area (Å²) in [7, 11) is -2.46. The number of amides is 1. The minimum absolute atomic E-state index is 0.0725. The molecule has 0 unspecified atom stereocenters. The second kappa shape index (κ2) is 9.12. The van der Waals surface area contributed by atoms with Gasteiger partial charge in [0.2, 0.25) is 5.03 Å². The minimum Gasteiger partial charge on any atom is -0.369 e. The summed E-state index contributed by atoms with van der Waals surface area (Å²) < 4.78 is 42.9. The molecule has 3 aromatic rings. The van der Waals surface area contributed by atoms with Gasteiger partial charge < -0.3 is 10.2 Å². The lowest BCUT2D eigenvalue weighted by Gasteiger charge is -2.35. The zero-order valence-corrected chi connectivity index (χ0v) is 19.7. The Morgan fingerprint density at radius 2 is 1.85 bits per heavy atom. The highest BCUT2D eigenvalue weighted by molar-refractivity contribution is 7.89. The molecule has 0 spiro atoms. The van der Waals surface area contributed by atoms with E-state index in [1.807, 2.05) is 18.2 Å². The highest BCUT2D eigenvalue weighted by Crippen LogP contribution is 2.25. The molecule has 1 N–H and O–H groups in total. The number of nitrogens with zero attached hydrogens (tertiary/aromatic N) is 4. The SMILES string of the molecule is Cc1cc(NC(=O)c2cn(C)nc2S(=O)(=O)N2CCN(c3cccc(Cl)c3)CC2)ccc1F. The Morgan fingerprint density at radius 1 is 1.12 bits per heavy atom. The van der Waals surface area contributed by atoms with Crippen molar-refractivity contribution < 1.29 is 17.6 Å². The molecular weight excluding hydrogens is 469 g/mol. The van der Waals surface area contributed by atoms with E-state index in [0.717, 1.165) is 5.69 Å². The van der Waals surface area contributed by atoms with Crippen molar-refractivity contribution in [2.75, 3.05) is 36.4 Å². The molecule has 1 aliphatic rings. The van der Waals surface area contributed by atoms with E-state index < -0.39 is 21.7 Å². The van der Waals surface area contributed by atoms with Crippen molar-refractivity contribution in [3.63, 3.8) is 0 Å². The van der Waals surface area contributed by atoms with Gasteiger partial charge in [0.1, 0.15) is 5.82 Å². The fourth-order valence-corrected chi connectivity index (χ4v) is 5.45. The van der Waals surface area contributed by atoms with Gasteiger partial charge in [-0.2, -0.15) is 9.40 Å². The van der Waals surface area contributed by atoms with Crippen molar-refractivity contribution in [2.45, 2.75) is 11.9 Å². The highest BCUT2D eigenvalue weighted by atomic mass is 35.5. The van der Waals surface area contributed by atoms with Gasteiger partial charge in [-0.05, 0) is 48.9 Å². The number of carbonyl (C=O) groups is 1. The van der Waals surface area contributed by atoms with E-state index in [-0.39, 0.29) is 23.7 Å². The monoisotopic (exact) mass is 491 g/mol. The molecule has 33 heavy (non-hydrogen) atoms. The molecule has 1 fully saturated rings. The maximum atomic E-state index is 13.5. The molecule has 8 nitrogen and oxygen atoms in total. The molecule has 4 rings (SSSR count). The number of carbonyl (C=O) groups excluding carboxylic acids is 1. The third-order valence-corrected chi connectivity index (χ3v) is 7.52. The average Bonchev–Trinajstić information content (AvgIpc) is 3.19. The molecule has 0 saturated carbocycles. The first-order valence-corrected chi connectivity index (χ1v) is 12.1. The molecule has 1 saturated heterocycles. The van der Waals surface area contributed by atoms with E-state index in [1.54, 1.807) is 20.0 Å². The lowest BCUT2D eigenvalue weighted by molar-refractivity contribution is 0.102. The van der Waals surface area contributed by atoms with E-state index >= 15 is 0 Å². The van der Waals surface area contributed by atoms with E-state index in [0.29, 0.717) is 29.4 Å². The van der Waals surface area contributed by atoms with Crippen molar-refractivity contribution in [3.8, 4) is 0 Å². The van der Waals surface area contributed by atoms with Gasteiger partial charge in [-0.15, -0.1) is 0 Å². The molecular formula is C22H23ClFN5O3S. The number of benzene rings is 2. The molecule has 0 atom stereocenters. The lowest BCUT2D eigenvalue weighted by atomic mass is 10.2. The van der Waals surface area contributed by atoms with Gasteiger partial charge in [-0.25, -0.2) is 12.8 Å². The van der Waals surface area contributed by atoms with Crippen LogP contribution < -0.4 is 10.2 Å². The third kappa shape index (κ3) is 4.87. The fourth-order valence-electron chi connectivity index (χ4n) is 3.72. The molecule has 174 valence electrons. The van der Waals surface area contributed by atoms with Gasteiger partial charge in [0, 0.05) is 55.8 Å². The topological polar surface area (TPSA) is 87.5 Å². The summed E-state index contributed by atoms with van der Waals surface area (Å²) in [4.78, 5) is 14.9. The van der Waals surface area contributed by atoms with Gasteiger partial charge in [-0.3, -0.25) is 9.48 Å². The summed E-state index contributed by atoms with van der Waals surface area (Å²) in [5, 5.41) is 7.01. The second-order valence-corrected chi connectivity index (χ2v) is 10.1. The van der Waals surface area contributed by atoms with E-state index in [9.17, 15) is 17.6 Å². The first-order valence-electron chi connectivity index (χ1n) is 10.3. The Kier molecular flexibility index (Phi) is 6.42. The van der Waals surface area contributed by atoms with Crippen LogP contribution in [0.1, 0.15) is 15.9 Å². The Balaban J connectivity index is 1.53. The quantitative estimate of drug-likeness (QED) is 0.591. The van der Waals surface area contributed by atoms with Gasteiger partial charge in [0.25, 0.3) is 15.9 Å². The number of sulfonamides is 1. The van der Waals surface area contributed by atoms with Crippen LogP contribution in [-0.4, -0.2) is 54.6 Å². The van der Waals surface area contributed by atoms with Crippen LogP contribution in [0.5, 0.6) is 0 Å². The molecule has 0 radical (unpaired) electrons.